The van der Waals surface area contributed by atoms with Crippen molar-refractivity contribution >= 4 is 11.6 Å². The summed E-state index contributed by atoms with van der Waals surface area (Å²) in [6.45, 7) is 0. The van der Waals surface area contributed by atoms with Gasteiger partial charge in [-0.2, -0.15) is 0 Å². The van der Waals surface area contributed by atoms with E-state index in [2.05, 4.69) is 10.3 Å². The molecule has 0 fully saturated rings. The van der Waals surface area contributed by atoms with Crippen molar-refractivity contribution in [1.29, 1.82) is 0 Å². The number of benzene rings is 1. The number of halogens is 2. The topological polar surface area (TPSA) is 51.2 Å². The normalized spacial score (nSPS) is 10.1. The third kappa shape index (κ3) is 3.04. The Balaban J connectivity index is 2.13. The van der Waals surface area contributed by atoms with E-state index in [1.54, 1.807) is 6.07 Å². The summed E-state index contributed by atoms with van der Waals surface area (Å²) in [6.07, 6.45) is 1.39. The second kappa shape index (κ2) is 5.43. The van der Waals surface area contributed by atoms with Gasteiger partial charge in [0.2, 0.25) is 0 Å². The molecule has 0 aliphatic rings. The second-order valence-electron chi connectivity index (χ2n) is 3.67. The highest BCUT2D eigenvalue weighted by atomic mass is 19.2. The number of carbonyl (C=O) groups is 1. The summed E-state index contributed by atoms with van der Waals surface area (Å²) in [5.41, 5.74) is 0.298. The van der Waals surface area contributed by atoms with Gasteiger partial charge in [0.15, 0.2) is 11.6 Å². The van der Waals surface area contributed by atoms with Crippen molar-refractivity contribution in [2.45, 2.75) is 0 Å². The molecular weight excluding hydrogens is 254 g/mol. The van der Waals surface area contributed by atoms with E-state index in [1.165, 1.54) is 25.4 Å². The average Bonchev–Trinajstić information content (AvgIpc) is 2.43. The summed E-state index contributed by atoms with van der Waals surface area (Å²) < 4.78 is 30.6. The van der Waals surface area contributed by atoms with E-state index in [-0.39, 0.29) is 11.4 Å². The number of nitrogens with zero attached hydrogens (tertiary/aromatic N) is 1. The first-order chi connectivity index (χ1) is 9.10. The monoisotopic (exact) mass is 264 g/mol. The molecule has 2 rings (SSSR count). The van der Waals surface area contributed by atoms with E-state index < -0.39 is 17.5 Å². The van der Waals surface area contributed by atoms with Crippen LogP contribution in [0, 0.1) is 11.6 Å². The number of hydrogen-bond acceptors (Lipinski definition) is 3. The van der Waals surface area contributed by atoms with Gasteiger partial charge in [-0.3, -0.25) is 4.79 Å². The zero-order valence-electron chi connectivity index (χ0n) is 9.98. The van der Waals surface area contributed by atoms with E-state index in [0.29, 0.717) is 5.75 Å². The molecule has 1 N–H and O–H groups in total. The molecule has 1 aromatic heterocycles. The van der Waals surface area contributed by atoms with Crippen LogP contribution in [0.2, 0.25) is 0 Å². The number of hydrogen-bond donors (Lipinski definition) is 1. The molecule has 0 radical (unpaired) electrons. The third-order valence-electron chi connectivity index (χ3n) is 2.38. The van der Waals surface area contributed by atoms with Gasteiger partial charge < -0.3 is 10.1 Å². The number of amides is 1. The summed E-state index contributed by atoms with van der Waals surface area (Å²) in [5.74, 6) is -2.00. The van der Waals surface area contributed by atoms with Crippen LogP contribution in [-0.4, -0.2) is 18.0 Å². The minimum atomic E-state index is -1.03. The Morgan fingerprint density at radius 3 is 2.58 bits per heavy atom. The van der Waals surface area contributed by atoms with Gasteiger partial charge in [-0.1, -0.05) is 0 Å². The van der Waals surface area contributed by atoms with Crippen molar-refractivity contribution in [2.75, 3.05) is 12.4 Å². The van der Waals surface area contributed by atoms with Gasteiger partial charge in [0, 0.05) is 11.8 Å². The molecule has 4 nitrogen and oxygen atoms in total. The van der Waals surface area contributed by atoms with Crippen LogP contribution in [0.4, 0.5) is 14.5 Å². The Kier molecular flexibility index (Phi) is 3.70. The maximum Gasteiger partial charge on any atom is 0.274 e. The van der Waals surface area contributed by atoms with Gasteiger partial charge >= 0.3 is 0 Å². The van der Waals surface area contributed by atoms with Crippen LogP contribution >= 0.6 is 0 Å². The number of rotatable bonds is 3. The minimum Gasteiger partial charge on any atom is -0.495 e. The molecule has 6 heteroatoms. The Labute approximate surface area is 108 Å². The molecule has 19 heavy (non-hydrogen) atoms. The standard InChI is InChI=1S/C13H10F2N2O2/c1-19-9-3-5-12(16-7-9)13(18)17-8-2-4-10(14)11(15)6-8/h2-7H,1H3,(H,17,18). The highest BCUT2D eigenvalue weighted by molar-refractivity contribution is 6.02. The van der Waals surface area contributed by atoms with Crippen LogP contribution in [-0.2, 0) is 0 Å². The van der Waals surface area contributed by atoms with Gasteiger partial charge in [-0.15, -0.1) is 0 Å². The SMILES string of the molecule is COc1ccc(C(=O)Nc2ccc(F)c(F)c2)nc1. The smallest absolute Gasteiger partial charge is 0.274 e. The number of carbonyl (C=O) groups excluding carboxylic acids is 1. The van der Waals surface area contributed by atoms with Crippen molar-refractivity contribution in [2.24, 2.45) is 0 Å². The Bertz CT molecular complexity index is 600. The van der Waals surface area contributed by atoms with Crippen LogP contribution in [0.25, 0.3) is 0 Å². The minimum absolute atomic E-state index is 0.144. The van der Waals surface area contributed by atoms with E-state index in [9.17, 15) is 13.6 Å². The van der Waals surface area contributed by atoms with Gasteiger partial charge in [0.1, 0.15) is 11.4 Å². The molecular formula is C13H10F2N2O2. The number of aromatic nitrogens is 1. The van der Waals surface area contributed by atoms with E-state index in [4.69, 9.17) is 4.74 Å². The first kappa shape index (κ1) is 12.9. The van der Waals surface area contributed by atoms with Crippen LogP contribution in [0.1, 0.15) is 10.5 Å². The fourth-order valence-corrected chi connectivity index (χ4v) is 1.40. The van der Waals surface area contributed by atoms with E-state index in [1.807, 2.05) is 0 Å². The van der Waals surface area contributed by atoms with Crippen molar-refractivity contribution in [3.05, 3.63) is 53.9 Å². The van der Waals surface area contributed by atoms with Crippen LogP contribution in [0.5, 0.6) is 5.75 Å². The van der Waals surface area contributed by atoms with Crippen LogP contribution < -0.4 is 10.1 Å². The Morgan fingerprint density at radius 2 is 2.00 bits per heavy atom. The zero-order valence-corrected chi connectivity index (χ0v) is 9.98. The predicted octanol–water partition coefficient (Wildman–Crippen LogP) is 2.62. The first-order valence-electron chi connectivity index (χ1n) is 5.36. The molecule has 1 heterocycles. The summed E-state index contributed by atoms with van der Waals surface area (Å²) >= 11 is 0. The van der Waals surface area contributed by atoms with Crippen LogP contribution in [0.15, 0.2) is 36.5 Å². The lowest BCUT2D eigenvalue weighted by atomic mass is 10.2. The largest absolute Gasteiger partial charge is 0.495 e. The molecule has 0 saturated heterocycles. The summed E-state index contributed by atoms with van der Waals surface area (Å²) in [6, 6.07) is 6.14. The lowest BCUT2D eigenvalue weighted by Gasteiger charge is -2.05. The van der Waals surface area contributed by atoms with Crippen molar-refractivity contribution in [3.8, 4) is 5.75 Å². The molecule has 0 saturated carbocycles. The third-order valence-corrected chi connectivity index (χ3v) is 2.38. The fraction of sp³-hybridized carbons (Fsp3) is 0.0769. The highest BCUT2D eigenvalue weighted by Gasteiger charge is 2.09. The Hall–Kier alpha value is -2.50. The molecule has 2 aromatic rings. The van der Waals surface area contributed by atoms with Gasteiger partial charge in [-0.05, 0) is 24.3 Å². The lowest BCUT2D eigenvalue weighted by molar-refractivity contribution is 0.102. The molecule has 0 bridgehead atoms. The molecule has 0 atom stereocenters. The Morgan fingerprint density at radius 1 is 1.21 bits per heavy atom. The fourth-order valence-electron chi connectivity index (χ4n) is 1.40. The lowest BCUT2D eigenvalue weighted by Crippen LogP contribution is -2.13. The highest BCUT2D eigenvalue weighted by Crippen LogP contribution is 2.14. The quantitative estimate of drug-likeness (QED) is 0.927. The number of anilines is 1. The number of nitrogens with one attached hydrogen (secondary N) is 1. The maximum atomic E-state index is 13.0. The van der Waals surface area contributed by atoms with Crippen molar-refractivity contribution in [3.63, 3.8) is 0 Å². The first-order valence-corrected chi connectivity index (χ1v) is 5.36. The number of pyridine rings is 1. The average molecular weight is 264 g/mol. The molecule has 98 valence electrons. The van der Waals surface area contributed by atoms with Gasteiger partial charge in [-0.25, -0.2) is 13.8 Å². The van der Waals surface area contributed by atoms with E-state index in [0.717, 1.165) is 12.1 Å². The molecule has 0 aliphatic carbocycles. The molecule has 1 amide bonds. The van der Waals surface area contributed by atoms with Crippen LogP contribution in [0.3, 0.4) is 0 Å². The number of ether oxygens (including phenoxy) is 1. The summed E-state index contributed by atoms with van der Waals surface area (Å²) in [4.78, 5) is 15.7. The maximum absolute atomic E-state index is 13.0. The van der Waals surface area contributed by atoms with Crippen molar-refractivity contribution in [1.82, 2.24) is 4.98 Å². The van der Waals surface area contributed by atoms with Gasteiger partial charge in [0.05, 0.1) is 13.3 Å². The second-order valence-corrected chi connectivity index (χ2v) is 3.67. The van der Waals surface area contributed by atoms with Gasteiger partial charge in [0.25, 0.3) is 5.91 Å². The molecule has 0 aliphatic heterocycles. The molecule has 0 spiro atoms. The number of methoxy groups -OCH3 is 1. The predicted molar refractivity (Wildman–Crippen MR) is 65.1 cm³/mol. The summed E-state index contributed by atoms with van der Waals surface area (Å²) in [7, 11) is 1.48. The van der Waals surface area contributed by atoms with Crippen molar-refractivity contribution < 1.29 is 18.3 Å². The van der Waals surface area contributed by atoms with E-state index >= 15 is 0 Å². The zero-order chi connectivity index (χ0) is 13.8. The molecule has 0 unspecified atom stereocenters. The summed E-state index contributed by atoms with van der Waals surface area (Å²) in [5, 5.41) is 2.41. The molecule has 1 aromatic carbocycles.